The van der Waals surface area contributed by atoms with Crippen LogP contribution in [0.15, 0.2) is 59.8 Å². The zero-order valence-electron chi connectivity index (χ0n) is 16.5. The van der Waals surface area contributed by atoms with E-state index in [1.54, 1.807) is 11.1 Å². The smallest absolute Gasteiger partial charge is 0.256 e. The summed E-state index contributed by atoms with van der Waals surface area (Å²) in [6.45, 7) is 2.37. The molecule has 0 bridgehead atoms. The average Bonchev–Trinajstić information content (AvgIpc) is 2.92. The van der Waals surface area contributed by atoms with Crippen molar-refractivity contribution in [1.82, 2.24) is 9.88 Å². The van der Waals surface area contributed by atoms with Gasteiger partial charge in [0.1, 0.15) is 5.82 Å². The predicted molar refractivity (Wildman–Crippen MR) is 121 cm³/mol. The second kappa shape index (κ2) is 8.24. The van der Waals surface area contributed by atoms with Gasteiger partial charge >= 0.3 is 0 Å². The molecule has 1 N–H and O–H groups in total. The highest BCUT2D eigenvalue weighted by Crippen LogP contribution is 2.29. The highest BCUT2D eigenvalue weighted by molar-refractivity contribution is 7.91. The largest absolute Gasteiger partial charge is 0.360 e. The Kier molecular flexibility index (Phi) is 5.66. The van der Waals surface area contributed by atoms with Gasteiger partial charge in [-0.05, 0) is 24.6 Å². The van der Waals surface area contributed by atoms with Crippen LogP contribution in [0.4, 0.5) is 5.82 Å². The number of allylic oxidation sites excluding steroid dienone is 4. The van der Waals surface area contributed by atoms with E-state index in [1.807, 2.05) is 55.5 Å². The van der Waals surface area contributed by atoms with Gasteiger partial charge in [-0.15, -0.1) is 0 Å². The maximum atomic E-state index is 13.2. The van der Waals surface area contributed by atoms with Crippen molar-refractivity contribution in [1.29, 1.82) is 0 Å². The first-order valence-corrected chi connectivity index (χ1v) is 11.9. The number of anilines is 1. The Morgan fingerprint density at radius 1 is 1.23 bits per heavy atom. The first-order chi connectivity index (χ1) is 14.3. The van der Waals surface area contributed by atoms with E-state index in [2.05, 4.69) is 10.3 Å². The van der Waals surface area contributed by atoms with E-state index in [0.29, 0.717) is 16.4 Å². The van der Waals surface area contributed by atoms with Crippen molar-refractivity contribution >= 4 is 43.9 Å². The number of nitrogens with one attached hydrogen (secondary N) is 1. The Hall–Kier alpha value is -2.64. The van der Waals surface area contributed by atoms with Gasteiger partial charge in [0.15, 0.2) is 9.84 Å². The van der Waals surface area contributed by atoms with Gasteiger partial charge < -0.3 is 10.2 Å². The number of nitrogens with zero attached hydrogens (tertiary/aromatic N) is 2. The number of aryl methyl sites for hydroxylation is 1. The lowest BCUT2D eigenvalue weighted by Crippen LogP contribution is -2.43. The summed E-state index contributed by atoms with van der Waals surface area (Å²) in [5.74, 6) is 0.462. The van der Waals surface area contributed by atoms with E-state index in [9.17, 15) is 13.2 Å². The fraction of sp³-hybridized carbons (Fsp3) is 0.273. The molecule has 1 aromatic carbocycles. The molecule has 2 aliphatic rings. The molecule has 30 heavy (non-hydrogen) atoms. The van der Waals surface area contributed by atoms with Crippen molar-refractivity contribution in [3.05, 3.63) is 70.9 Å². The number of pyridine rings is 1. The summed E-state index contributed by atoms with van der Waals surface area (Å²) in [6.07, 6.45) is 11.0. The van der Waals surface area contributed by atoms with Crippen LogP contribution in [-0.4, -0.2) is 54.8 Å². The van der Waals surface area contributed by atoms with Crippen molar-refractivity contribution in [2.24, 2.45) is 0 Å². The zero-order chi connectivity index (χ0) is 21.3. The molecule has 1 aliphatic heterocycles. The molecule has 1 atom stereocenters. The van der Waals surface area contributed by atoms with Crippen LogP contribution in [0.5, 0.6) is 0 Å². The Balaban J connectivity index is 1.70. The average molecular weight is 444 g/mol. The summed E-state index contributed by atoms with van der Waals surface area (Å²) in [4.78, 5) is 19.3. The standard InChI is InChI=1S/C22H22ClN3O3S/c1-15-5-4-8-18-20(15)19(22(27)26-9-11-30(28,29)12-10-26)14-24-21(18)25-17-7-3-2-6-16(23)13-17/h2-8,13-14,17H,9-12H2,1H3,(H,24,25). The lowest BCUT2D eigenvalue weighted by molar-refractivity contribution is 0.0772. The highest BCUT2D eigenvalue weighted by Gasteiger charge is 2.27. The predicted octanol–water partition coefficient (Wildman–Crippen LogP) is 3.44. The van der Waals surface area contributed by atoms with Crippen LogP contribution in [0.3, 0.4) is 0 Å². The molecule has 8 heteroatoms. The first-order valence-electron chi connectivity index (χ1n) is 9.71. The quantitative estimate of drug-likeness (QED) is 0.786. The minimum absolute atomic E-state index is 0.00212. The Morgan fingerprint density at radius 3 is 2.77 bits per heavy atom. The van der Waals surface area contributed by atoms with Crippen molar-refractivity contribution in [2.75, 3.05) is 29.9 Å². The number of halogens is 1. The molecule has 1 unspecified atom stereocenters. The topological polar surface area (TPSA) is 79.4 Å². The molecule has 4 rings (SSSR count). The molecule has 0 radical (unpaired) electrons. The number of carbonyl (C=O) groups is 1. The molecule has 1 amide bonds. The molecule has 6 nitrogen and oxygen atoms in total. The molecular weight excluding hydrogens is 422 g/mol. The summed E-state index contributed by atoms with van der Waals surface area (Å²) >= 11 is 6.18. The van der Waals surface area contributed by atoms with Crippen molar-refractivity contribution in [2.45, 2.75) is 13.0 Å². The number of hydrogen-bond donors (Lipinski definition) is 1. The molecular formula is C22H22ClN3O3S. The van der Waals surface area contributed by atoms with Crippen molar-refractivity contribution in [3.63, 3.8) is 0 Å². The third-order valence-corrected chi connectivity index (χ3v) is 7.17. The van der Waals surface area contributed by atoms with Crippen LogP contribution < -0.4 is 5.32 Å². The highest BCUT2D eigenvalue weighted by atomic mass is 35.5. The summed E-state index contributed by atoms with van der Waals surface area (Å²) < 4.78 is 23.4. The lowest BCUT2D eigenvalue weighted by Gasteiger charge is -2.27. The molecule has 1 aliphatic carbocycles. The third-order valence-electron chi connectivity index (χ3n) is 5.31. The molecule has 0 saturated carbocycles. The van der Waals surface area contributed by atoms with E-state index in [1.165, 1.54) is 0 Å². The number of fused-ring (bicyclic) bond motifs is 1. The monoisotopic (exact) mass is 443 g/mol. The second-order valence-electron chi connectivity index (χ2n) is 7.43. The number of amides is 1. The van der Waals surface area contributed by atoms with Gasteiger partial charge in [-0.2, -0.15) is 0 Å². The van der Waals surface area contributed by atoms with Crippen LogP contribution in [0.25, 0.3) is 10.8 Å². The summed E-state index contributed by atoms with van der Waals surface area (Å²) in [6, 6.07) is 5.67. The molecule has 2 heterocycles. The Bertz CT molecular complexity index is 1190. The van der Waals surface area contributed by atoms with Crippen LogP contribution in [0, 0.1) is 6.92 Å². The molecule has 156 valence electrons. The number of carbonyl (C=O) groups excluding carboxylic acids is 1. The fourth-order valence-corrected chi connectivity index (χ4v) is 5.12. The minimum atomic E-state index is -3.06. The van der Waals surface area contributed by atoms with E-state index < -0.39 is 9.84 Å². The van der Waals surface area contributed by atoms with Gasteiger partial charge in [0.05, 0.1) is 23.1 Å². The molecule has 0 spiro atoms. The molecule has 1 aromatic heterocycles. The van der Waals surface area contributed by atoms with Crippen LogP contribution in [0.1, 0.15) is 15.9 Å². The lowest BCUT2D eigenvalue weighted by atomic mass is 10.0. The molecule has 1 fully saturated rings. The van der Waals surface area contributed by atoms with Gasteiger partial charge in [-0.3, -0.25) is 4.79 Å². The van der Waals surface area contributed by atoms with Crippen LogP contribution in [-0.2, 0) is 9.84 Å². The normalized spacial score (nSPS) is 20.7. The van der Waals surface area contributed by atoms with E-state index in [-0.39, 0.29) is 36.5 Å². The first kappa shape index (κ1) is 20.6. The van der Waals surface area contributed by atoms with Gasteiger partial charge in [-0.25, -0.2) is 13.4 Å². The second-order valence-corrected chi connectivity index (χ2v) is 10.2. The van der Waals surface area contributed by atoms with Crippen LogP contribution in [0.2, 0.25) is 0 Å². The van der Waals surface area contributed by atoms with Gasteiger partial charge in [0, 0.05) is 35.1 Å². The maximum absolute atomic E-state index is 13.2. The fourth-order valence-electron chi connectivity index (χ4n) is 3.71. The number of rotatable bonds is 3. The van der Waals surface area contributed by atoms with E-state index in [0.717, 1.165) is 16.3 Å². The maximum Gasteiger partial charge on any atom is 0.256 e. The van der Waals surface area contributed by atoms with Crippen LogP contribution >= 0.6 is 11.6 Å². The number of aromatic nitrogens is 1. The number of benzene rings is 1. The number of hydrogen-bond acceptors (Lipinski definition) is 5. The zero-order valence-corrected chi connectivity index (χ0v) is 18.1. The van der Waals surface area contributed by atoms with Gasteiger partial charge in [0.25, 0.3) is 5.91 Å². The Morgan fingerprint density at radius 2 is 2.00 bits per heavy atom. The van der Waals surface area contributed by atoms with Gasteiger partial charge in [0.2, 0.25) is 0 Å². The summed E-state index contributed by atoms with van der Waals surface area (Å²) in [5.41, 5.74) is 1.44. The third kappa shape index (κ3) is 4.27. The molecule has 2 aromatic rings. The SMILES string of the molecule is Cc1cccc2c(NC3C=CC=CC(Cl)=C3)ncc(C(=O)N3CCS(=O)(=O)CC3)c12. The van der Waals surface area contributed by atoms with Gasteiger partial charge in [-0.1, -0.05) is 48.0 Å². The minimum Gasteiger partial charge on any atom is -0.360 e. The Labute approximate surface area is 180 Å². The summed E-state index contributed by atoms with van der Waals surface area (Å²) in [7, 11) is -3.06. The van der Waals surface area contributed by atoms with E-state index >= 15 is 0 Å². The molecule has 1 saturated heterocycles. The van der Waals surface area contributed by atoms with Crippen molar-refractivity contribution < 1.29 is 13.2 Å². The van der Waals surface area contributed by atoms with Crippen molar-refractivity contribution in [3.8, 4) is 0 Å². The number of sulfone groups is 1. The summed E-state index contributed by atoms with van der Waals surface area (Å²) in [5, 5.41) is 5.66. The van der Waals surface area contributed by atoms with E-state index in [4.69, 9.17) is 11.6 Å².